The van der Waals surface area contributed by atoms with Gasteiger partial charge in [-0.25, -0.2) is 4.98 Å². The molecule has 1 aromatic heterocycles. The lowest BCUT2D eigenvalue weighted by Crippen LogP contribution is -2.41. The van der Waals surface area contributed by atoms with E-state index in [0.717, 1.165) is 25.7 Å². The Hall–Kier alpha value is -1.36. The molecule has 2 rings (SSSR count). The quantitative estimate of drug-likeness (QED) is 0.855. The molecule has 1 aromatic rings. The number of hydrogen-bond acceptors (Lipinski definition) is 4. The van der Waals surface area contributed by atoms with E-state index in [1.54, 1.807) is 13.8 Å². The summed E-state index contributed by atoms with van der Waals surface area (Å²) in [7, 11) is 1.99. The summed E-state index contributed by atoms with van der Waals surface area (Å²) in [6.45, 7) is 3.55. The molecule has 2 N–H and O–H groups in total. The number of carbonyl (C=O) groups is 1. The standard InChI is InChI=1S/C13H21N3O2/c1-8-12(18-9(2)15-8)13(17)16-11-6-4-10(14-3)5-7-11/h10-11,14H,4-7H2,1-3H3,(H,16,17). The fraction of sp³-hybridized carbons (Fsp3) is 0.692. The molecule has 1 aliphatic rings. The van der Waals surface area contributed by atoms with E-state index >= 15 is 0 Å². The van der Waals surface area contributed by atoms with Crippen LogP contribution in [0.5, 0.6) is 0 Å². The van der Waals surface area contributed by atoms with Gasteiger partial charge in [0.05, 0.1) is 5.69 Å². The highest BCUT2D eigenvalue weighted by Gasteiger charge is 2.24. The summed E-state index contributed by atoms with van der Waals surface area (Å²) in [5.74, 6) is 0.751. The van der Waals surface area contributed by atoms with Gasteiger partial charge in [-0.1, -0.05) is 0 Å². The maximum absolute atomic E-state index is 12.0. The Kier molecular flexibility index (Phi) is 4.01. The number of oxazole rings is 1. The SMILES string of the molecule is CNC1CCC(NC(=O)c2oc(C)nc2C)CC1. The molecular weight excluding hydrogens is 230 g/mol. The zero-order valence-corrected chi connectivity index (χ0v) is 11.2. The van der Waals surface area contributed by atoms with Crippen molar-refractivity contribution in [3.8, 4) is 0 Å². The van der Waals surface area contributed by atoms with Crippen molar-refractivity contribution in [2.24, 2.45) is 0 Å². The molecule has 0 saturated heterocycles. The van der Waals surface area contributed by atoms with Gasteiger partial charge >= 0.3 is 0 Å². The molecule has 0 aromatic carbocycles. The zero-order valence-electron chi connectivity index (χ0n) is 11.2. The lowest BCUT2D eigenvalue weighted by atomic mass is 9.91. The molecular formula is C13H21N3O2. The van der Waals surface area contributed by atoms with Crippen molar-refractivity contribution in [1.29, 1.82) is 0 Å². The van der Waals surface area contributed by atoms with Crippen molar-refractivity contribution in [3.63, 3.8) is 0 Å². The van der Waals surface area contributed by atoms with E-state index in [4.69, 9.17) is 4.42 Å². The summed E-state index contributed by atoms with van der Waals surface area (Å²) in [5.41, 5.74) is 0.661. The maximum atomic E-state index is 12.0. The molecule has 0 radical (unpaired) electrons. The third-order valence-corrected chi connectivity index (χ3v) is 3.58. The highest BCUT2D eigenvalue weighted by atomic mass is 16.4. The molecule has 18 heavy (non-hydrogen) atoms. The molecule has 0 atom stereocenters. The van der Waals surface area contributed by atoms with Crippen LogP contribution in [-0.4, -0.2) is 30.0 Å². The normalized spacial score (nSPS) is 23.9. The van der Waals surface area contributed by atoms with Crippen LogP contribution in [0.4, 0.5) is 0 Å². The minimum Gasteiger partial charge on any atom is -0.436 e. The van der Waals surface area contributed by atoms with Gasteiger partial charge < -0.3 is 15.1 Å². The van der Waals surface area contributed by atoms with Gasteiger partial charge in [-0.2, -0.15) is 0 Å². The number of hydrogen-bond donors (Lipinski definition) is 2. The Bertz CT molecular complexity index is 420. The lowest BCUT2D eigenvalue weighted by molar-refractivity contribution is 0.0894. The summed E-state index contributed by atoms with van der Waals surface area (Å²) in [5, 5.41) is 6.31. The van der Waals surface area contributed by atoms with E-state index < -0.39 is 0 Å². The molecule has 5 nitrogen and oxygen atoms in total. The lowest BCUT2D eigenvalue weighted by Gasteiger charge is -2.28. The minimum atomic E-state index is -0.138. The van der Waals surface area contributed by atoms with Gasteiger partial charge in [0.15, 0.2) is 5.89 Å². The molecule has 1 aliphatic carbocycles. The molecule has 0 aliphatic heterocycles. The predicted octanol–water partition coefficient (Wildman–Crippen LogP) is 1.55. The smallest absolute Gasteiger partial charge is 0.289 e. The summed E-state index contributed by atoms with van der Waals surface area (Å²) >= 11 is 0. The highest BCUT2D eigenvalue weighted by Crippen LogP contribution is 2.19. The number of nitrogens with zero attached hydrogens (tertiary/aromatic N) is 1. The maximum Gasteiger partial charge on any atom is 0.289 e. The first kappa shape index (κ1) is 13.1. The van der Waals surface area contributed by atoms with E-state index in [-0.39, 0.29) is 11.9 Å². The summed E-state index contributed by atoms with van der Waals surface area (Å²) in [6.07, 6.45) is 4.25. The van der Waals surface area contributed by atoms with Crippen LogP contribution in [0, 0.1) is 13.8 Å². The molecule has 1 amide bonds. The third kappa shape index (κ3) is 2.90. The predicted molar refractivity (Wildman–Crippen MR) is 68.5 cm³/mol. The second-order valence-corrected chi connectivity index (χ2v) is 4.96. The fourth-order valence-corrected chi connectivity index (χ4v) is 2.52. The van der Waals surface area contributed by atoms with Gasteiger partial charge in [-0.15, -0.1) is 0 Å². The van der Waals surface area contributed by atoms with E-state index in [1.165, 1.54) is 0 Å². The summed E-state index contributed by atoms with van der Waals surface area (Å²) in [4.78, 5) is 16.2. The largest absolute Gasteiger partial charge is 0.436 e. The highest BCUT2D eigenvalue weighted by molar-refractivity contribution is 5.92. The van der Waals surface area contributed by atoms with Gasteiger partial charge in [0, 0.05) is 19.0 Å². The number of aryl methyl sites for hydroxylation is 2. The Morgan fingerprint density at radius 2 is 1.83 bits per heavy atom. The number of nitrogens with one attached hydrogen (secondary N) is 2. The fourth-order valence-electron chi connectivity index (χ4n) is 2.52. The Labute approximate surface area is 107 Å². The van der Waals surface area contributed by atoms with E-state index in [1.807, 2.05) is 7.05 Å². The van der Waals surface area contributed by atoms with Gasteiger partial charge in [0.1, 0.15) is 0 Å². The van der Waals surface area contributed by atoms with Crippen LogP contribution in [0.25, 0.3) is 0 Å². The van der Waals surface area contributed by atoms with Gasteiger partial charge in [0.25, 0.3) is 5.91 Å². The van der Waals surface area contributed by atoms with E-state index in [0.29, 0.717) is 23.4 Å². The van der Waals surface area contributed by atoms with E-state index in [2.05, 4.69) is 15.6 Å². The van der Waals surface area contributed by atoms with Crippen LogP contribution in [0.15, 0.2) is 4.42 Å². The molecule has 0 unspecified atom stereocenters. The molecule has 0 spiro atoms. The third-order valence-electron chi connectivity index (χ3n) is 3.58. The van der Waals surface area contributed by atoms with Crippen molar-refractivity contribution >= 4 is 5.91 Å². The van der Waals surface area contributed by atoms with Crippen molar-refractivity contribution in [2.45, 2.75) is 51.6 Å². The van der Waals surface area contributed by atoms with Crippen molar-refractivity contribution in [1.82, 2.24) is 15.6 Å². The molecule has 1 heterocycles. The van der Waals surface area contributed by atoms with Crippen LogP contribution in [0.3, 0.4) is 0 Å². The number of aromatic nitrogens is 1. The molecule has 5 heteroatoms. The van der Waals surface area contributed by atoms with Crippen LogP contribution in [0.1, 0.15) is 47.8 Å². The average Bonchev–Trinajstić information content (AvgIpc) is 2.69. The second kappa shape index (κ2) is 5.52. The van der Waals surface area contributed by atoms with Crippen LogP contribution >= 0.6 is 0 Å². The van der Waals surface area contributed by atoms with Crippen molar-refractivity contribution in [2.75, 3.05) is 7.05 Å². The topological polar surface area (TPSA) is 67.2 Å². The van der Waals surface area contributed by atoms with Crippen molar-refractivity contribution in [3.05, 3.63) is 17.3 Å². The Balaban J connectivity index is 1.90. The first-order valence-electron chi connectivity index (χ1n) is 6.52. The summed E-state index contributed by atoms with van der Waals surface area (Å²) < 4.78 is 5.32. The molecule has 100 valence electrons. The summed E-state index contributed by atoms with van der Waals surface area (Å²) in [6, 6.07) is 0.847. The number of carbonyl (C=O) groups excluding carboxylic acids is 1. The van der Waals surface area contributed by atoms with E-state index in [9.17, 15) is 4.79 Å². The second-order valence-electron chi connectivity index (χ2n) is 4.96. The number of amides is 1. The van der Waals surface area contributed by atoms with Crippen LogP contribution in [-0.2, 0) is 0 Å². The Morgan fingerprint density at radius 3 is 2.33 bits per heavy atom. The minimum absolute atomic E-state index is 0.138. The first-order valence-corrected chi connectivity index (χ1v) is 6.52. The Morgan fingerprint density at radius 1 is 1.22 bits per heavy atom. The monoisotopic (exact) mass is 251 g/mol. The molecule has 1 saturated carbocycles. The van der Waals surface area contributed by atoms with Gasteiger partial charge in [-0.05, 0) is 39.7 Å². The molecule has 0 bridgehead atoms. The first-order chi connectivity index (χ1) is 8.60. The average molecular weight is 251 g/mol. The number of rotatable bonds is 3. The van der Waals surface area contributed by atoms with Gasteiger partial charge in [0.2, 0.25) is 5.76 Å². The van der Waals surface area contributed by atoms with Crippen molar-refractivity contribution < 1.29 is 9.21 Å². The van der Waals surface area contributed by atoms with Gasteiger partial charge in [-0.3, -0.25) is 4.79 Å². The van der Waals surface area contributed by atoms with Crippen LogP contribution < -0.4 is 10.6 Å². The molecule has 1 fully saturated rings. The zero-order chi connectivity index (χ0) is 13.1. The van der Waals surface area contributed by atoms with Crippen LogP contribution in [0.2, 0.25) is 0 Å².